The van der Waals surface area contributed by atoms with Gasteiger partial charge in [0, 0.05) is 5.69 Å². The Balaban J connectivity index is 1.53. The van der Waals surface area contributed by atoms with Crippen molar-refractivity contribution in [1.82, 2.24) is 19.2 Å². The van der Waals surface area contributed by atoms with E-state index in [1.165, 1.54) is 11.8 Å². The third-order valence-electron chi connectivity index (χ3n) is 6.02. The van der Waals surface area contributed by atoms with Gasteiger partial charge >= 0.3 is 0 Å². The standard InChI is InChI=1S/C27H25N5O2S/c1-4-19-9-7-8-18(3)24(19)28-23(33)16-35-27-30-29-26-31(20-14-12-17(2)13-15-20)25(34)21-10-5-6-11-22(21)32(26)27/h5-15H,4,16H2,1-3H3,(H,28,33). The second-order valence-corrected chi connectivity index (χ2v) is 9.35. The summed E-state index contributed by atoms with van der Waals surface area (Å²) in [4.78, 5) is 26.3. The maximum absolute atomic E-state index is 13.4. The second kappa shape index (κ2) is 9.38. The Kier molecular flexibility index (Phi) is 6.13. The van der Waals surface area contributed by atoms with Crippen LogP contribution >= 0.6 is 11.8 Å². The molecular formula is C27H25N5O2S. The zero-order valence-electron chi connectivity index (χ0n) is 19.8. The maximum Gasteiger partial charge on any atom is 0.267 e. The summed E-state index contributed by atoms with van der Waals surface area (Å²) in [5, 5.41) is 12.9. The van der Waals surface area contributed by atoms with Crippen LogP contribution in [0.15, 0.2) is 76.7 Å². The molecule has 176 valence electrons. The van der Waals surface area contributed by atoms with Crippen LogP contribution in [0.4, 0.5) is 5.69 Å². The first-order valence-electron chi connectivity index (χ1n) is 11.4. The Morgan fingerprint density at radius 2 is 1.74 bits per heavy atom. The highest BCUT2D eigenvalue weighted by atomic mass is 32.2. The largest absolute Gasteiger partial charge is 0.325 e. The molecule has 1 N–H and O–H groups in total. The van der Waals surface area contributed by atoms with Gasteiger partial charge in [0.05, 0.1) is 22.3 Å². The topological polar surface area (TPSA) is 81.3 Å². The highest BCUT2D eigenvalue weighted by Crippen LogP contribution is 2.25. The lowest BCUT2D eigenvalue weighted by molar-refractivity contribution is -0.113. The number of aryl methyl sites for hydroxylation is 3. The Morgan fingerprint density at radius 1 is 0.971 bits per heavy atom. The monoisotopic (exact) mass is 483 g/mol. The van der Waals surface area contributed by atoms with Crippen molar-refractivity contribution >= 4 is 40.0 Å². The first kappa shape index (κ1) is 22.9. The van der Waals surface area contributed by atoms with Gasteiger partial charge in [-0.05, 0) is 55.7 Å². The molecule has 35 heavy (non-hydrogen) atoms. The minimum atomic E-state index is -0.162. The van der Waals surface area contributed by atoms with E-state index in [0.29, 0.717) is 27.5 Å². The molecule has 7 nitrogen and oxygen atoms in total. The van der Waals surface area contributed by atoms with E-state index < -0.39 is 0 Å². The Labute approximate surface area is 206 Å². The number of carbonyl (C=O) groups is 1. The van der Waals surface area contributed by atoms with Crippen LogP contribution < -0.4 is 10.9 Å². The molecule has 0 atom stereocenters. The number of hydrogen-bond acceptors (Lipinski definition) is 5. The van der Waals surface area contributed by atoms with Gasteiger partial charge in [-0.25, -0.2) is 4.57 Å². The summed E-state index contributed by atoms with van der Waals surface area (Å²) in [5.41, 5.74) is 5.35. The van der Waals surface area contributed by atoms with E-state index in [1.807, 2.05) is 78.9 Å². The van der Waals surface area contributed by atoms with Gasteiger partial charge < -0.3 is 5.32 Å². The number of amides is 1. The first-order valence-corrected chi connectivity index (χ1v) is 12.4. The number of nitrogens with zero attached hydrogens (tertiary/aromatic N) is 4. The van der Waals surface area contributed by atoms with Crippen LogP contribution in [0, 0.1) is 13.8 Å². The van der Waals surface area contributed by atoms with Crippen molar-refractivity contribution < 1.29 is 4.79 Å². The minimum Gasteiger partial charge on any atom is -0.325 e. The fraction of sp³-hybridized carbons (Fsp3) is 0.185. The van der Waals surface area contributed by atoms with Gasteiger partial charge in [-0.3, -0.25) is 14.0 Å². The molecule has 0 saturated carbocycles. The van der Waals surface area contributed by atoms with E-state index in [4.69, 9.17) is 0 Å². The highest BCUT2D eigenvalue weighted by molar-refractivity contribution is 7.99. The fourth-order valence-corrected chi connectivity index (χ4v) is 4.95. The van der Waals surface area contributed by atoms with Crippen molar-refractivity contribution in [3.8, 4) is 5.69 Å². The summed E-state index contributed by atoms with van der Waals surface area (Å²) in [6.45, 7) is 6.06. The van der Waals surface area contributed by atoms with E-state index in [-0.39, 0.29) is 17.2 Å². The van der Waals surface area contributed by atoms with Gasteiger partial charge in [0.1, 0.15) is 0 Å². The van der Waals surface area contributed by atoms with Crippen molar-refractivity contribution in [2.45, 2.75) is 32.3 Å². The fourth-order valence-electron chi connectivity index (χ4n) is 4.21. The zero-order chi connectivity index (χ0) is 24.5. The number of thioether (sulfide) groups is 1. The van der Waals surface area contributed by atoms with Crippen molar-refractivity contribution in [1.29, 1.82) is 0 Å². The summed E-state index contributed by atoms with van der Waals surface area (Å²) in [5.74, 6) is 0.454. The summed E-state index contributed by atoms with van der Waals surface area (Å²) >= 11 is 1.29. The number of para-hydroxylation sites is 2. The molecule has 1 amide bonds. The molecule has 0 aliphatic rings. The Morgan fingerprint density at radius 3 is 2.51 bits per heavy atom. The number of rotatable bonds is 6. The average molecular weight is 484 g/mol. The molecule has 5 rings (SSSR count). The van der Waals surface area contributed by atoms with Crippen LogP contribution in [0.3, 0.4) is 0 Å². The van der Waals surface area contributed by atoms with Gasteiger partial charge in [0.2, 0.25) is 11.7 Å². The Hall–Kier alpha value is -3.91. The smallest absolute Gasteiger partial charge is 0.267 e. The summed E-state index contributed by atoms with van der Waals surface area (Å²) in [7, 11) is 0. The van der Waals surface area contributed by atoms with Gasteiger partial charge in [-0.2, -0.15) is 0 Å². The lowest BCUT2D eigenvalue weighted by Gasteiger charge is -2.13. The lowest BCUT2D eigenvalue weighted by atomic mass is 10.1. The molecular weight excluding hydrogens is 458 g/mol. The maximum atomic E-state index is 13.4. The number of hydrogen-bond donors (Lipinski definition) is 1. The number of aromatic nitrogens is 4. The van der Waals surface area contributed by atoms with Crippen LogP contribution in [0.1, 0.15) is 23.6 Å². The summed E-state index contributed by atoms with van der Waals surface area (Å²) < 4.78 is 3.42. The molecule has 2 aromatic heterocycles. The molecule has 0 unspecified atom stereocenters. The molecule has 0 spiro atoms. The number of anilines is 1. The molecule has 0 aliphatic heterocycles. The van der Waals surface area contributed by atoms with Crippen LogP contribution in [-0.4, -0.2) is 30.8 Å². The van der Waals surface area contributed by atoms with E-state index in [1.54, 1.807) is 10.6 Å². The molecule has 0 aliphatic carbocycles. The van der Waals surface area contributed by atoms with Crippen molar-refractivity contribution in [2.24, 2.45) is 0 Å². The normalized spacial score (nSPS) is 11.3. The Bertz CT molecular complexity index is 1620. The van der Waals surface area contributed by atoms with Crippen molar-refractivity contribution in [2.75, 3.05) is 11.1 Å². The van der Waals surface area contributed by atoms with Crippen LogP contribution in [-0.2, 0) is 11.2 Å². The average Bonchev–Trinajstić information content (AvgIpc) is 3.29. The second-order valence-electron chi connectivity index (χ2n) is 8.41. The third-order valence-corrected chi connectivity index (χ3v) is 6.95. The highest BCUT2D eigenvalue weighted by Gasteiger charge is 2.19. The molecule has 0 bridgehead atoms. The van der Waals surface area contributed by atoms with Crippen LogP contribution in [0.5, 0.6) is 0 Å². The number of nitrogens with one attached hydrogen (secondary N) is 1. The van der Waals surface area contributed by atoms with E-state index in [0.717, 1.165) is 28.8 Å². The molecule has 0 fully saturated rings. The van der Waals surface area contributed by atoms with E-state index in [2.05, 4.69) is 22.4 Å². The molecule has 2 heterocycles. The molecule has 0 saturated heterocycles. The summed E-state index contributed by atoms with van der Waals surface area (Å²) in [6, 6.07) is 21.1. The van der Waals surface area contributed by atoms with Gasteiger partial charge in [-0.15, -0.1) is 10.2 Å². The minimum absolute atomic E-state index is 0.119. The quantitative estimate of drug-likeness (QED) is 0.346. The lowest BCUT2D eigenvalue weighted by Crippen LogP contribution is -2.22. The van der Waals surface area contributed by atoms with E-state index >= 15 is 0 Å². The SMILES string of the molecule is CCc1cccc(C)c1NC(=O)CSc1nnc2n(-c3ccc(C)cc3)c(=O)c3ccccc3n12. The first-order chi connectivity index (χ1) is 17.0. The van der Waals surface area contributed by atoms with Crippen molar-refractivity contribution in [3.05, 3.63) is 93.8 Å². The predicted octanol–water partition coefficient (Wildman–Crippen LogP) is 4.94. The van der Waals surface area contributed by atoms with Gasteiger partial charge in [-0.1, -0.05) is 66.7 Å². The van der Waals surface area contributed by atoms with Crippen LogP contribution in [0.25, 0.3) is 22.4 Å². The van der Waals surface area contributed by atoms with Gasteiger partial charge in [0.25, 0.3) is 5.56 Å². The van der Waals surface area contributed by atoms with Crippen molar-refractivity contribution in [3.63, 3.8) is 0 Å². The number of fused-ring (bicyclic) bond motifs is 3. The van der Waals surface area contributed by atoms with Gasteiger partial charge in [0.15, 0.2) is 5.16 Å². The number of benzene rings is 3. The molecule has 3 aromatic carbocycles. The third kappa shape index (κ3) is 4.21. The molecule has 0 radical (unpaired) electrons. The zero-order valence-corrected chi connectivity index (χ0v) is 20.6. The van der Waals surface area contributed by atoms with Crippen LogP contribution in [0.2, 0.25) is 0 Å². The molecule has 5 aromatic rings. The summed E-state index contributed by atoms with van der Waals surface area (Å²) in [6.07, 6.45) is 0.835. The predicted molar refractivity (Wildman–Crippen MR) is 141 cm³/mol. The number of carbonyl (C=O) groups excluding carboxylic acids is 1. The van der Waals surface area contributed by atoms with E-state index in [9.17, 15) is 9.59 Å². The molecule has 8 heteroatoms.